The second-order valence-corrected chi connectivity index (χ2v) is 17.8. The van der Waals surface area contributed by atoms with E-state index < -0.39 is 0 Å². The van der Waals surface area contributed by atoms with E-state index in [9.17, 15) is 0 Å². The lowest BCUT2D eigenvalue weighted by molar-refractivity contribution is 1.10. The van der Waals surface area contributed by atoms with Gasteiger partial charge in [0.25, 0.3) is 0 Å². The molecule has 3 aromatic heterocycles. The average molecular weight is 906 g/mol. The van der Waals surface area contributed by atoms with Crippen LogP contribution in [0, 0.1) is 0 Å². The van der Waals surface area contributed by atoms with Crippen LogP contribution in [0.4, 0.5) is 0 Å². The van der Waals surface area contributed by atoms with Crippen molar-refractivity contribution in [2.45, 2.75) is 0 Å². The normalized spacial score (nSPS) is 11.4. The first-order chi connectivity index (χ1) is 35.2. The van der Waals surface area contributed by atoms with Crippen LogP contribution in [0.2, 0.25) is 0 Å². The Labute approximate surface area is 411 Å². The number of imidazole rings is 1. The molecule has 13 rings (SSSR count). The quantitative estimate of drug-likeness (QED) is 0.135. The number of fused-ring (bicyclic) bond motifs is 5. The van der Waals surface area contributed by atoms with Crippen molar-refractivity contribution < 1.29 is 0 Å². The van der Waals surface area contributed by atoms with E-state index in [1.165, 1.54) is 11.1 Å². The molecule has 3 heterocycles. The van der Waals surface area contributed by atoms with Gasteiger partial charge < -0.3 is 0 Å². The van der Waals surface area contributed by atoms with E-state index >= 15 is 0 Å². The number of hydrogen-bond acceptors (Lipinski definition) is 4. The molecule has 0 spiro atoms. The molecule has 5 heteroatoms. The van der Waals surface area contributed by atoms with Crippen LogP contribution in [0.3, 0.4) is 0 Å². The number of hydrogen-bond donors (Lipinski definition) is 0. The van der Waals surface area contributed by atoms with Gasteiger partial charge in [0.15, 0.2) is 5.82 Å². The van der Waals surface area contributed by atoms with Crippen molar-refractivity contribution in [2.24, 2.45) is 0 Å². The lowest BCUT2D eigenvalue weighted by atomic mass is 9.92. The molecule has 332 valence electrons. The molecule has 0 N–H and O–H groups in total. The van der Waals surface area contributed by atoms with Crippen molar-refractivity contribution in [2.75, 3.05) is 0 Å². The van der Waals surface area contributed by atoms with Gasteiger partial charge in [0.2, 0.25) is 0 Å². The predicted molar refractivity (Wildman–Crippen MR) is 293 cm³/mol. The van der Waals surface area contributed by atoms with Gasteiger partial charge in [-0.1, -0.05) is 237 Å². The first-order valence-corrected chi connectivity index (χ1v) is 24.0. The Bertz CT molecular complexity index is 3960. The van der Waals surface area contributed by atoms with Crippen LogP contribution in [0.5, 0.6) is 0 Å². The highest BCUT2D eigenvalue weighted by Gasteiger charge is 2.23. The Balaban J connectivity index is 0.963. The second kappa shape index (κ2) is 17.8. The molecule has 0 unspecified atom stereocenters. The molecule has 5 nitrogen and oxygen atoms in total. The minimum Gasteiger partial charge on any atom is -0.292 e. The van der Waals surface area contributed by atoms with E-state index in [0.29, 0.717) is 5.82 Å². The molecule has 0 atom stereocenters. The van der Waals surface area contributed by atoms with Gasteiger partial charge in [0.05, 0.1) is 33.6 Å². The summed E-state index contributed by atoms with van der Waals surface area (Å²) in [4.78, 5) is 21.8. The fraction of sp³-hybridized carbons (Fsp3) is 0. The monoisotopic (exact) mass is 905 g/mol. The van der Waals surface area contributed by atoms with E-state index in [-0.39, 0.29) is 0 Å². The molecular weight excluding hydrogens is 863 g/mol. The number of rotatable bonds is 9. The number of para-hydroxylation sites is 2. The third-order valence-electron chi connectivity index (χ3n) is 13.5. The molecule has 10 aromatic carbocycles. The molecular formula is C66H43N5. The summed E-state index contributed by atoms with van der Waals surface area (Å²) in [6.45, 7) is 0. The minimum absolute atomic E-state index is 0.662. The molecule has 0 aliphatic rings. The Morgan fingerprint density at radius 2 is 0.690 bits per heavy atom. The molecule has 0 aliphatic carbocycles. The Hall–Kier alpha value is -9.58. The number of pyridine rings is 1. The standard InChI is InChI=1S/C66H43N5/c1-6-18-44(19-7-1)45-30-32-46(33-31-45)47-34-40-52(41-35-47)65-68-61(49-20-8-2-9-21-49)59(62(69-65)50-22-10-3-11-23-50)48-36-38-51(39-37-48)63-60-56(55-28-16-17-29-57(55)67-63)42-43-58-64(60)70-66(53-24-12-4-13-25-53)71(58)54-26-14-5-15-27-54/h1-43H. The zero-order valence-corrected chi connectivity index (χ0v) is 38.6. The molecule has 13 aromatic rings. The van der Waals surface area contributed by atoms with Crippen molar-refractivity contribution in [3.05, 3.63) is 261 Å². The summed E-state index contributed by atoms with van der Waals surface area (Å²) >= 11 is 0. The van der Waals surface area contributed by atoms with E-state index in [2.05, 4.69) is 241 Å². The van der Waals surface area contributed by atoms with Crippen molar-refractivity contribution in [3.8, 4) is 95.6 Å². The van der Waals surface area contributed by atoms with Gasteiger partial charge in [-0.15, -0.1) is 0 Å². The third-order valence-corrected chi connectivity index (χ3v) is 13.5. The highest BCUT2D eigenvalue weighted by Crippen LogP contribution is 2.43. The van der Waals surface area contributed by atoms with E-state index in [1.54, 1.807) is 0 Å². The summed E-state index contributed by atoms with van der Waals surface area (Å²) in [5, 5.41) is 3.21. The number of benzene rings is 10. The van der Waals surface area contributed by atoms with E-state index in [4.69, 9.17) is 19.9 Å². The van der Waals surface area contributed by atoms with Gasteiger partial charge in [-0.05, 0) is 57.5 Å². The summed E-state index contributed by atoms with van der Waals surface area (Å²) in [7, 11) is 0. The minimum atomic E-state index is 0.662. The Morgan fingerprint density at radius 3 is 1.25 bits per heavy atom. The van der Waals surface area contributed by atoms with Crippen LogP contribution in [-0.4, -0.2) is 24.5 Å². The molecule has 0 saturated carbocycles. The maximum atomic E-state index is 5.51. The van der Waals surface area contributed by atoms with Gasteiger partial charge in [0.1, 0.15) is 5.82 Å². The topological polar surface area (TPSA) is 56.5 Å². The summed E-state index contributed by atoms with van der Waals surface area (Å²) < 4.78 is 2.27. The smallest absolute Gasteiger partial charge is 0.160 e. The Morgan fingerprint density at radius 1 is 0.268 bits per heavy atom. The van der Waals surface area contributed by atoms with E-state index in [0.717, 1.165) is 111 Å². The fourth-order valence-corrected chi connectivity index (χ4v) is 9.98. The summed E-state index contributed by atoms with van der Waals surface area (Å²) in [6.07, 6.45) is 0. The molecule has 71 heavy (non-hydrogen) atoms. The van der Waals surface area contributed by atoms with Gasteiger partial charge in [-0.3, -0.25) is 4.57 Å². The molecule has 0 amide bonds. The maximum absolute atomic E-state index is 5.51. The van der Waals surface area contributed by atoms with Crippen molar-refractivity contribution >= 4 is 32.7 Å². The van der Waals surface area contributed by atoms with Crippen LogP contribution in [0.1, 0.15) is 0 Å². The lowest BCUT2D eigenvalue weighted by Crippen LogP contribution is -2.01. The maximum Gasteiger partial charge on any atom is 0.160 e. The first-order valence-electron chi connectivity index (χ1n) is 24.0. The molecule has 0 aliphatic heterocycles. The highest BCUT2D eigenvalue weighted by molar-refractivity contribution is 6.20. The first kappa shape index (κ1) is 41.6. The van der Waals surface area contributed by atoms with Crippen LogP contribution in [-0.2, 0) is 0 Å². The summed E-state index contributed by atoms with van der Waals surface area (Å²) in [5.41, 5.74) is 18.1. The average Bonchev–Trinajstić information content (AvgIpc) is 3.86. The molecule has 0 radical (unpaired) electrons. The predicted octanol–water partition coefficient (Wildman–Crippen LogP) is 16.9. The van der Waals surface area contributed by atoms with Gasteiger partial charge in [-0.25, -0.2) is 19.9 Å². The van der Waals surface area contributed by atoms with Gasteiger partial charge in [0, 0.05) is 49.8 Å². The zero-order valence-electron chi connectivity index (χ0n) is 38.6. The van der Waals surface area contributed by atoms with Crippen molar-refractivity contribution in [3.63, 3.8) is 0 Å². The van der Waals surface area contributed by atoms with Crippen molar-refractivity contribution in [1.82, 2.24) is 24.5 Å². The molecule has 0 fully saturated rings. The van der Waals surface area contributed by atoms with Gasteiger partial charge >= 0.3 is 0 Å². The third kappa shape index (κ3) is 7.63. The van der Waals surface area contributed by atoms with Crippen molar-refractivity contribution in [1.29, 1.82) is 0 Å². The van der Waals surface area contributed by atoms with Crippen LogP contribution in [0.25, 0.3) is 128 Å². The lowest BCUT2D eigenvalue weighted by Gasteiger charge is -2.17. The largest absolute Gasteiger partial charge is 0.292 e. The SMILES string of the molecule is c1ccc(-c2ccc(-c3ccc(-c4nc(-c5ccccc5)c(-c5ccc(-c6nc7ccccc7c7ccc8c(nc(-c9ccccc9)n8-c8ccccc8)c67)cc5)c(-c5ccccc5)n4)cc3)cc2)cc1. The van der Waals surface area contributed by atoms with E-state index in [1.807, 2.05) is 24.3 Å². The van der Waals surface area contributed by atoms with Crippen LogP contribution in [0.15, 0.2) is 261 Å². The van der Waals surface area contributed by atoms with Crippen LogP contribution >= 0.6 is 0 Å². The summed E-state index contributed by atoms with van der Waals surface area (Å²) in [5.74, 6) is 1.54. The highest BCUT2D eigenvalue weighted by atomic mass is 15.1. The number of nitrogens with zero attached hydrogens (tertiary/aromatic N) is 5. The van der Waals surface area contributed by atoms with Crippen LogP contribution < -0.4 is 0 Å². The molecule has 0 bridgehead atoms. The summed E-state index contributed by atoms with van der Waals surface area (Å²) in [6, 6.07) is 91.3. The second-order valence-electron chi connectivity index (χ2n) is 17.8. The Kier molecular flexibility index (Phi) is 10.4. The number of aromatic nitrogens is 5. The molecule has 0 saturated heterocycles. The van der Waals surface area contributed by atoms with Gasteiger partial charge in [-0.2, -0.15) is 0 Å². The zero-order chi connectivity index (χ0) is 47.1. The fourth-order valence-electron chi connectivity index (χ4n) is 9.98.